The van der Waals surface area contributed by atoms with E-state index >= 15 is 0 Å². The Hall–Kier alpha value is -4.06. The molecular formula is C27H41ClN6O6. The Balaban J connectivity index is 0.0000152. The average Bonchev–Trinajstić information content (AvgIpc) is 2.86. The first-order chi connectivity index (χ1) is 18.5. The van der Waals surface area contributed by atoms with Crippen LogP contribution >= 0.6 is 12.4 Å². The van der Waals surface area contributed by atoms with Crippen molar-refractivity contribution in [3.05, 3.63) is 55.1 Å². The number of benzene rings is 1. The van der Waals surface area contributed by atoms with Crippen molar-refractivity contribution in [1.82, 2.24) is 16.0 Å². The summed E-state index contributed by atoms with van der Waals surface area (Å²) in [5, 5.41) is 17.2. The predicted octanol–water partition coefficient (Wildman–Crippen LogP) is 1.18. The van der Waals surface area contributed by atoms with Gasteiger partial charge in [-0.05, 0) is 50.3 Å². The van der Waals surface area contributed by atoms with Gasteiger partial charge in [0.15, 0.2) is 5.96 Å². The minimum absolute atomic E-state index is 0. The van der Waals surface area contributed by atoms with Crippen molar-refractivity contribution >= 4 is 42.1 Å². The molecule has 222 valence electrons. The normalized spacial score (nSPS) is 13.2. The van der Waals surface area contributed by atoms with Gasteiger partial charge in [-0.15, -0.1) is 19.0 Å². The van der Waals surface area contributed by atoms with Crippen LogP contribution in [0.3, 0.4) is 0 Å². The Morgan fingerprint density at radius 3 is 2.10 bits per heavy atom. The number of nitrogens with zero attached hydrogens (tertiary/aromatic N) is 1. The van der Waals surface area contributed by atoms with E-state index in [0.717, 1.165) is 5.56 Å². The number of rotatable bonds is 18. The van der Waals surface area contributed by atoms with E-state index in [2.05, 4.69) is 34.1 Å². The fourth-order valence-corrected chi connectivity index (χ4v) is 3.71. The summed E-state index contributed by atoms with van der Waals surface area (Å²) in [4.78, 5) is 53.8. The molecule has 1 aromatic rings. The van der Waals surface area contributed by atoms with Crippen LogP contribution in [0, 0.1) is 0 Å². The summed E-state index contributed by atoms with van der Waals surface area (Å²) < 4.78 is 5.47. The molecule has 1 aromatic carbocycles. The van der Waals surface area contributed by atoms with Crippen LogP contribution in [0.1, 0.15) is 45.1 Å². The summed E-state index contributed by atoms with van der Waals surface area (Å²) in [5.41, 5.74) is 11.6. The summed E-state index contributed by atoms with van der Waals surface area (Å²) in [6, 6.07) is 3.53. The highest BCUT2D eigenvalue weighted by molar-refractivity contribution is 5.93. The molecule has 0 aliphatic rings. The molecule has 3 amide bonds. The highest BCUT2D eigenvalue weighted by atomic mass is 35.5. The van der Waals surface area contributed by atoms with E-state index in [1.54, 1.807) is 37.3 Å². The van der Waals surface area contributed by atoms with Crippen LogP contribution in [0.5, 0.6) is 5.75 Å². The van der Waals surface area contributed by atoms with Gasteiger partial charge in [0.05, 0.1) is 6.04 Å². The van der Waals surface area contributed by atoms with E-state index in [9.17, 15) is 24.3 Å². The quantitative estimate of drug-likeness (QED) is 0.0844. The second kappa shape index (κ2) is 19.1. The van der Waals surface area contributed by atoms with Crippen molar-refractivity contribution in [3.63, 3.8) is 0 Å². The van der Waals surface area contributed by atoms with Gasteiger partial charge in [-0.25, -0.2) is 4.79 Å². The van der Waals surface area contributed by atoms with E-state index in [0.29, 0.717) is 25.2 Å². The van der Waals surface area contributed by atoms with Crippen molar-refractivity contribution in [1.29, 1.82) is 0 Å². The van der Waals surface area contributed by atoms with Crippen LogP contribution in [0.15, 0.2) is 54.6 Å². The Labute approximate surface area is 241 Å². The molecule has 0 saturated carbocycles. The lowest BCUT2D eigenvalue weighted by molar-refractivity contribution is -0.142. The van der Waals surface area contributed by atoms with Crippen LogP contribution in [-0.4, -0.2) is 65.5 Å². The van der Waals surface area contributed by atoms with Crippen molar-refractivity contribution in [2.75, 3.05) is 6.61 Å². The molecular weight excluding hydrogens is 540 g/mol. The molecule has 8 N–H and O–H groups in total. The molecule has 40 heavy (non-hydrogen) atoms. The molecule has 0 fully saturated rings. The lowest BCUT2D eigenvalue weighted by atomic mass is 10.0. The molecule has 12 nitrogen and oxygen atoms in total. The number of aliphatic carboxylic acids is 1. The number of nitrogens with one attached hydrogen (secondary N) is 3. The number of halogens is 1. The zero-order valence-electron chi connectivity index (χ0n) is 22.9. The van der Waals surface area contributed by atoms with Gasteiger partial charge in [0.25, 0.3) is 0 Å². The maximum Gasteiger partial charge on any atom is 0.326 e. The number of hydrogen-bond donors (Lipinski definition) is 6. The van der Waals surface area contributed by atoms with Gasteiger partial charge in [0, 0.05) is 13.3 Å². The van der Waals surface area contributed by atoms with Crippen LogP contribution in [0.2, 0.25) is 0 Å². The monoisotopic (exact) mass is 580 g/mol. The van der Waals surface area contributed by atoms with Crippen molar-refractivity contribution in [2.24, 2.45) is 16.5 Å². The van der Waals surface area contributed by atoms with E-state index in [4.69, 9.17) is 16.2 Å². The molecule has 0 radical (unpaired) electrons. The van der Waals surface area contributed by atoms with Crippen molar-refractivity contribution < 1.29 is 29.0 Å². The Morgan fingerprint density at radius 2 is 1.57 bits per heavy atom. The minimum atomic E-state index is -1.23. The Bertz CT molecular complexity index is 1030. The fourth-order valence-electron chi connectivity index (χ4n) is 3.71. The lowest BCUT2D eigenvalue weighted by Gasteiger charge is -2.24. The van der Waals surface area contributed by atoms with Crippen LogP contribution in [0.4, 0.5) is 0 Å². The summed E-state index contributed by atoms with van der Waals surface area (Å²) >= 11 is 0. The van der Waals surface area contributed by atoms with Crippen LogP contribution in [0.25, 0.3) is 0 Å². The second-order valence-electron chi connectivity index (χ2n) is 9.02. The molecule has 0 bridgehead atoms. The largest absolute Gasteiger partial charge is 0.490 e. The highest BCUT2D eigenvalue weighted by Crippen LogP contribution is 2.14. The van der Waals surface area contributed by atoms with Gasteiger partial charge >= 0.3 is 5.97 Å². The summed E-state index contributed by atoms with van der Waals surface area (Å²) in [5.74, 6) is -2.35. The summed E-state index contributed by atoms with van der Waals surface area (Å²) in [6.45, 7) is 10.6. The maximum atomic E-state index is 13.3. The van der Waals surface area contributed by atoms with Gasteiger partial charge in [0.1, 0.15) is 30.5 Å². The van der Waals surface area contributed by atoms with Crippen molar-refractivity contribution in [3.8, 4) is 5.75 Å². The van der Waals surface area contributed by atoms with E-state index in [1.165, 1.54) is 13.0 Å². The number of guanidine groups is 1. The number of aliphatic imine (C=N–C) groups is 1. The SMILES string of the molecule is C=CCOc1ccc(C[C@H](NC(C)=O)C(=O)N[C@@H](CCCC(C)N=C(N)N)C(=O)N[C@@H](CC=C)C(=O)O)cc1.Cl. The summed E-state index contributed by atoms with van der Waals surface area (Å²) in [6.07, 6.45) is 4.31. The first-order valence-electron chi connectivity index (χ1n) is 12.6. The number of carbonyl (C=O) groups is 4. The van der Waals surface area contributed by atoms with E-state index < -0.39 is 41.8 Å². The first kappa shape index (κ1) is 35.9. The van der Waals surface area contributed by atoms with Gasteiger partial charge in [-0.2, -0.15) is 0 Å². The number of carbonyl (C=O) groups excluding carboxylic acids is 3. The molecule has 0 saturated heterocycles. The highest BCUT2D eigenvalue weighted by Gasteiger charge is 2.29. The minimum Gasteiger partial charge on any atom is -0.490 e. The smallest absolute Gasteiger partial charge is 0.326 e. The molecule has 0 aliphatic heterocycles. The Morgan fingerprint density at radius 1 is 0.975 bits per heavy atom. The number of amides is 3. The third-order valence-electron chi connectivity index (χ3n) is 5.56. The number of ether oxygens (including phenoxy) is 1. The number of carboxylic acids is 1. The molecule has 13 heteroatoms. The molecule has 0 aliphatic carbocycles. The third-order valence-corrected chi connectivity index (χ3v) is 5.56. The molecule has 0 spiro atoms. The van der Waals surface area contributed by atoms with Crippen LogP contribution in [-0.2, 0) is 25.6 Å². The zero-order chi connectivity index (χ0) is 29.4. The van der Waals surface area contributed by atoms with E-state index in [-0.39, 0.29) is 43.7 Å². The van der Waals surface area contributed by atoms with Gasteiger partial charge < -0.3 is 37.3 Å². The number of nitrogens with two attached hydrogens (primary N) is 2. The maximum absolute atomic E-state index is 13.3. The molecule has 0 heterocycles. The standard InChI is InChI=1S/C27H40N6O6.ClH/c1-5-8-22(26(37)38)33-24(35)21(10-7-9-17(3)30-27(28)29)32-25(36)23(31-18(4)34)16-19-11-13-20(14-12-19)39-15-6-2;/h5-6,11-14,17,21-23H,1-2,7-10,15-16H2,3-4H3,(H,31,34)(H,32,36)(H,33,35)(H,37,38)(H4,28,29,30);1H/t17?,21-,22-,23-;/m0./s1. The molecule has 1 unspecified atom stereocenters. The predicted molar refractivity (Wildman–Crippen MR) is 156 cm³/mol. The van der Waals surface area contributed by atoms with E-state index in [1.807, 2.05) is 0 Å². The summed E-state index contributed by atoms with van der Waals surface area (Å²) in [7, 11) is 0. The lowest BCUT2D eigenvalue weighted by Crippen LogP contribution is -2.56. The second-order valence-corrected chi connectivity index (χ2v) is 9.02. The topological polar surface area (TPSA) is 198 Å². The Kier molecular flexibility index (Phi) is 17.1. The van der Waals surface area contributed by atoms with Crippen molar-refractivity contribution in [2.45, 2.75) is 70.1 Å². The average molecular weight is 581 g/mol. The molecule has 4 atom stereocenters. The van der Waals surface area contributed by atoms with Gasteiger partial charge in [0.2, 0.25) is 17.7 Å². The fraction of sp³-hybridized carbons (Fsp3) is 0.444. The van der Waals surface area contributed by atoms with Gasteiger partial charge in [-0.1, -0.05) is 30.9 Å². The number of hydrogen-bond acceptors (Lipinski definition) is 6. The van der Waals surface area contributed by atoms with Gasteiger partial charge in [-0.3, -0.25) is 19.4 Å². The first-order valence-corrected chi connectivity index (χ1v) is 12.6. The zero-order valence-corrected chi connectivity index (χ0v) is 23.7. The number of carboxylic acid groups (broad SMARTS) is 1. The third kappa shape index (κ3) is 14.2. The van der Waals surface area contributed by atoms with Crippen LogP contribution < -0.4 is 32.2 Å². The molecule has 0 aromatic heterocycles. The molecule has 1 rings (SSSR count).